The minimum atomic E-state index is -1.75. The normalized spacial score (nSPS) is 13.2. The summed E-state index contributed by atoms with van der Waals surface area (Å²) in [6.07, 6.45) is 5.60. The summed E-state index contributed by atoms with van der Waals surface area (Å²) in [5.74, 6) is 0.00131. The number of benzene rings is 2. The van der Waals surface area contributed by atoms with Crippen LogP contribution in [0.5, 0.6) is 0 Å². The van der Waals surface area contributed by atoms with E-state index in [2.05, 4.69) is 10.4 Å². The Balaban J connectivity index is 0.000000821. The lowest BCUT2D eigenvalue weighted by molar-refractivity contribution is -0.130. The maximum Gasteiger partial charge on any atom is 0.261 e. The quantitative estimate of drug-likeness (QED) is 0.504. The van der Waals surface area contributed by atoms with E-state index in [1.807, 2.05) is 65.3 Å². The number of fused-ring (bicyclic) bond motifs is 2. The first kappa shape index (κ1) is 22.4. The molecular weight excluding hydrogens is 428 g/mol. The van der Waals surface area contributed by atoms with E-state index < -0.39 is 6.93 Å². The van der Waals surface area contributed by atoms with E-state index in [0.717, 1.165) is 53.6 Å². The third-order valence-corrected chi connectivity index (χ3v) is 5.80. The van der Waals surface area contributed by atoms with Crippen molar-refractivity contribution >= 4 is 39.0 Å². The van der Waals surface area contributed by atoms with Crippen molar-refractivity contribution in [3.63, 3.8) is 0 Å². The number of nitrogens with one attached hydrogen (secondary N) is 1. The molecule has 0 unspecified atom stereocenters. The Morgan fingerprint density at radius 3 is 2.61 bits per heavy atom. The molecule has 1 amide bonds. The van der Waals surface area contributed by atoms with Crippen LogP contribution in [-0.2, 0) is 18.4 Å². The van der Waals surface area contributed by atoms with Gasteiger partial charge in [0.25, 0.3) is 5.56 Å². The zero-order chi connectivity index (χ0) is 23.4. The molecule has 1 aliphatic rings. The lowest BCUT2D eigenvalue weighted by Crippen LogP contribution is -2.34. The molecule has 9 heteroatoms. The summed E-state index contributed by atoms with van der Waals surface area (Å²) in [6.45, 7) is -0.111. The number of hydrogen-bond donors (Lipinski definition) is 1. The number of alkyl halides is 2. The predicted octanol–water partition coefficient (Wildman–Crippen LogP) is 4.14. The van der Waals surface area contributed by atoms with Gasteiger partial charge in [0.2, 0.25) is 12.8 Å². The Bertz CT molecular complexity index is 1340. The van der Waals surface area contributed by atoms with Gasteiger partial charge < -0.3 is 14.8 Å². The molecule has 7 nitrogen and oxygen atoms in total. The second-order valence-electron chi connectivity index (χ2n) is 7.87. The molecule has 0 radical (unpaired) electrons. The average Bonchev–Trinajstić information content (AvgIpc) is 3.47. The standard InChI is InChI=1S/C23H23N5O2.CH2F2/c1-26-20-8-7-18(13-17(20)14-24-26)25-19-6-4-5-16-9-12-28(23(30)22(16)19)15-21(29)27-10-2-3-11-27;2-1-3/h4-9,12-14,25H,2-3,10-11,15H2,1H3;1H2. The molecular formula is C24H25F2N5O2. The molecule has 0 spiro atoms. The molecule has 2 aromatic carbocycles. The number of hydrogen-bond acceptors (Lipinski definition) is 4. The maximum atomic E-state index is 13.2. The number of pyridine rings is 1. The molecule has 1 aliphatic heterocycles. The lowest BCUT2D eigenvalue weighted by Gasteiger charge is -2.17. The fourth-order valence-electron chi connectivity index (χ4n) is 4.17. The molecule has 5 rings (SSSR count). The first-order valence-corrected chi connectivity index (χ1v) is 10.7. The molecule has 1 fully saturated rings. The third kappa shape index (κ3) is 4.72. The zero-order valence-electron chi connectivity index (χ0n) is 18.3. The molecule has 3 heterocycles. The molecule has 172 valence electrons. The number of carbonyl (C=O) groups excluding carboxylic acids is 1. The van der Waals surface area contributed by atoms with E-state index in [0.29, 0.717) is 5.39 Å². The van der Waals surface area contributed by atoms with Crippen LogP contribution in [0.3, 0.4) is 0 Å². The fraction of sp³-hybridized carbons (Fsp3) is 0.292. The van der Waals surface area contributed by atoms with E-state index in [4.69, 9.17) is 0 Å². The number of likely N-dealkylation sites (tertiary alicyclic amines) is 1. The Kier molecular flexibility index (Phi) is 6.67. The van der Waals surface area contributed by atoms with Gasteiger partial charge in [0.15, 0.2) is 0 Å². The van der Waals surface area contributed by atoms with Crippen molar-refractivity contribution in [1.82, 2.24) is 19.2 Å². The van der Waals surface area contributed by atoms with Crippen LogP contribution in [0, 0.1) is 0 Å². The molecule has 2 aromatic heterocycles. The van der Waals surface area contributed by atoms with Crippen molar-refractivity contribution in [3.8, 4) is 0 Å². The minimum absolute atomic E-state index is 0.00131. The predicted molar refractivity (Wildman–Crippen MR) is 125 cm³/mol. The number of nitrogens with zero attached hydrogens (tertiary/aromatic N) is 4. The van der Waals surface area contributed by atoms with E-state index in [1.165, 1.54) is 4.57 Å². The van der Waals surface area contributed by atoms with Crippen LogP contribution in [0.15, 0.2) is 59.7 Å². The number of aryl methyl sites for hydroxylation is 1. The smallest absolute Gasteiger partial charge is 0.261 e. The Hall–Kier alpha value is -3.75. The fourth-order valence-corrected chi connectivity index (χ4v) is 4.17. The first-order valence-electron chi connectivity index (χ1n) is 10.7. The van der Waals surface area contributed by atoms with Crippen LogP contribution in [0.25, 0.3) is 21.7 Å². The van der Waals surface area contributed by atoms with E-state index in [-0.39, 0.29) is 18.0 Å². The van der Waals surface area contributed by atoms with Crippen LogP contribution in [-0.4, -0.2) is 45.2 Å². The van der Waals surface area contributed by atoms with Gasteiger partial charge in [-0.05, 0) is 48.6 Å². The van der Waals surface area contributed by atoms with Crippen molar-refractivity contribution in [2.75, 3.05) is 25.3 Å². The maximum absolute atomic E-state index is 13.2. The highest BCUT2D eigenvalue weighted by Gasteiger charge is 2.19. The van der Waals surface area contributed by atoms with Gasteiger partial charge in [-0.25, -0.2) is 8.78 Å². The lowest BCUT2D eigenvalue weighted by atomic mass is 10.1. The summed E-state index contributed by atoms with van der Waals surface area (Å²) < 4.78 is 22.6. The molecule has 4 aromatic rings. The number of halogens is 2. The average molecular weight is 453 g/mol. The van der Waals surface area contributed by atoms with Crippen molar-refractivity contribution in [1.29, 1.82) is 0 Å². The van der Waals surface area contributed by atoms with Crippen LogP contribution in [0.2, 0.25) is 0 Å². The molecule has 0 aliphatic carbocycles. The summed E-state index contributed by atoms with van der Waals surface area (Å²) in [5.41, 5.74) is 2.49. The van der Waals surface area contributed by atoms with Gasteiger partial charge in [0.1, 0.15) is 6.54 Å². The van der Waals surface area contributed by atoms with Gasteiger partial charge in [-0.2, -0.15) is 5.10 Å². The van der Waals surface area contributed by atoms with Crippen LogP contribution in [0.4, 0.5) is 20.2 Å². The van der Waals surface area contributed by atoms with Gasteiger partial charge >= 0.3 is 0 Å². The van der Waals surface area contributed by atoms with E-state index >= 15 is 0 Å². The van der Waals surface area contributed by atoms with Gasteiger partial charge in [-0.1, -0.05) is 12.1 Å². The van der Waals surface area contributed by atoms with E-state index in [1.54, 1.807) is 6.20 Å². The zero-order valence-corrected chi connectivity index (χ0v) is 18.3. The van der Waals surface area contributed by atoms with Crippen LogP contribution in [0.1, 0.15) is 12.8 Å². The van der Waals surface area contributed by atoms with Crippen molar-refractivity contribution in [2.24, 2.45) is 7.05 Å². The van der Waals surface area contributed by atoms with E-state index in [9.17, 15) is 18.4 Å². The van der Waals surface area contributed by atoms with Gasteiger partial charge in [0.05, 0.1) is 22.8 Å². The number of aromatic nitrogens is 3. The molecule has 0 atom stereocenters. The summed E-state index contributed by atoms with van der Waals surface area (Å²) in [5, 5.41) is 10.1. The number of amides is 1. The monoisotopic (exact) mass is 453 g/mol. The topological polar surface area (TPSA) is 72.2 Å². The van der Waals surface area contributed by atoms with Crippen LogP contribution >= 0.6 is 0 Å². The highest BCUT2D eigenvalue weighted by Crippen LogP contribution is 2.26. The van der Waals surface area contributed by atoms with Crippen molar-refractivity contribution < 1.29 is 13.6 Å². The largest absolute Gasteiger partial charge is 0.355 e. The summed E-state index contributed by atoms with van der Waals surface area (Å²) >= 11 is 0. The Morgan fingerprint density at radius 2 is 1.85 bits per heavy atom. The second-order valence-corrected chi connectivity index (χ2v) is 7.87. The first-order chi connectivity index (χ1) is 16.0. The summed E-state index contributed by atoms with van der Waals surface area (Å²) in [7, 11) is 1.91. The van der Waals surface area contributed by atoms with Crippen molar-refractivity contribution in [3.05, 3.63) is 65.2 Å². The van der Waals surface area contributed by atoms with Crippen LogP contribution < -0.4 is 10.9 Å². The second kappa shape index (κ2) is 9.81. The molecule has 0 saturated carbocycles. The third-order valence-electron chi connectivity index (χ3n) is 5.80. The number of carbonyl (C=O) groups is 1. The Labute approximate surface area is 189 Å². The minimum Gasteiger partial charge on any atom is -0.355 e. The summed E-state index contributed by atoms with van der Waals surface area (Å²) in [4.78, 5) is 27.6. The highest BCUT2D eigenvalue weighted by molar-refractivity contribution is 5.95. The van der Waals surface area contributed by atoms with Gasteiger partial charge in [-0.3, -0.25) is 14.3 Å². The molecule has 33 heavy (non-hydrogen) atoms. The van der Waals surface area contributed by atoms with Gasteiger partial charge in [0, 0.05) is 37.4 Å². The Morgan fingerprint density at radius 1 is 1.09 bits per heavy atom. The van der Waals surface area contributed by atoms with Gasteiger partial charge in [-0.15, -0.1) is 0 Å². The molecule has 1 N–H and O–H groups in total. The SMILES string of the molecule is Cn1ncc2cc(Nc3cccc4ccn(CC(=O)N5CCCC5)c(=O)c34)ccc21.FCF. The number of rotatable bonds is 4. The number of anilines is 2. The highest BCUT2D eigenvalue weighted by atomic mass is 19.3. The summed E-state index contributed by atoms with van der Waals surface area (Å²) in [6, 6.07) is 13.6. The molecule has 0 bridgehead atoms. The van der Waals surface area contributed by atoms with Crippen molar-refractivity contribution in [2.45, 2.75) is 19.4 Å². The molecule has 1 saturated heterocycles.